The minimum atomic E-state index is -3.16. The van der Waals surface area contributed by atoms with Gasteiger partial charge in [-0.05, 0) is 0 Å². The molecule has 0 nitrogen and oxygen atoms in total. The Bertz CT molecular complexity index is 1310. The van der Waals surface area contributed by atoms with E-state index in [2.05, 4.69) is 128 Å². The van der Waals surface area contributed by atoms with E-state index in [9.17, 15) is 0 Å². The Morgan fingerprint density at radius 1 is 0.795 bits per heavy atom. The molecule has 3 unspecified atom stereocenters. The van der Waals surface area contributed by atoms with Crippen molar-refractivity contribution in [3.05, 3.63) is 105 Å². The molecule has 4 heteroatoms. The fourth-order valence-electron chi connectivity index (χ4n) is 7.63. The second-order valence-corrected chi connectivity index (χ2v) is 30.9. The Balaban J connectivity index is 0.00000210. The van der Waals surface area contributed by atoms with E-state index in [1.807, 2.05) is 0 Å². The molecule has 0 saturated carbocycles. The van der Waals surface area contributed by atoms with Crippen LogP contribution in [0.4, 0.5) is 0 Å². The number of rotatable bonds is 7. The van der Waals surface area contributed by atoms with Gasteiger partial charge in [-0.15, -0.1) is 24.8 Å². The van der Waals surface area contributed by atoms with Gasteiger partial charge in [0, 0.05) is 0 Å². The third-order valence-corrected chi connectivity index (χ3v) is 33.8. The molecule has 0 aliphatic heterocycles. The van der Waals surface area contributed by atoms with Gasteiger partial charge in [0.25, 0.3) is 0 Å². The van der Waals surface area contributed by atoms with Gasteiger partial charge in [-0.3, -0.25) is 0 Å². The van der Waals surface area contributed by atoms with Crippen LogP contribution in [-0.2, 0) is 31.7 Å². The summed E-state index contributed by atoms with van der Waals surface area (Å²) in [5, 5.41) is 0. The van der Waals surface area contributed by atoms with Gasteiger partial charge in [-0.2, -0.15) is 0 Å². The van der Waals surface area contributed by atoms with Gasteiger partial charge in [0.1, 0.15) is 0 Å². The van der Waals surface area contributed by atoms with Crippen molar-refractivity contribution in [1.82, 2.24) is 0 Å². The number of benzene rings is 2. The summed E-state index contributed by atoms with van der Waals surface area (Å²) in [6, 6.07) is 15.0. The Morgan fingerprint density at radius 3 is 1.64 bits per heavy atom. The predicted octanol–water partition coefficient (Wildman–Crippen LogP) is 9.94. The largest absolute Gasteiger partial charge is 0.147 e. The molecule has 2 aromatic carbocycles. The maximum atomic E-state index is 2.62. The molecule has 2 aromatic rings. The molecule has 39 heavy (non-hydrogen) atoms. The monoisotopic (exact) mass is 655 g/mol. The molecule has 5 rings (SSSR count). The van der Waals surface area contributed by atoms with E-state index >= 15 is 0 Å². The number of hydrogen-bond acceptors (Lipinski definition) is 0. The van der Waals surface area contributed by atoms with Crippen molar-refractivity contribution in [3.8, 4) is 0 Å². The van der Waals surface area contributed by atoms with Crippen LogP contribution in [0.5, 0.6) is 0 Å². The van der Waals surface area contributed by atoms with Gasteiger partial charge >= 0.3 is 233 Å². The van der Waals surface area contributed by atoms with Crippen LogP contribution in [0.2, 0.25) is 3.12 Å². The molecule has 0 fully saturated rings. The fraction of sp³-hybridized carbons (Fsp3) is 0.429. The van der Waals surface area contributed by atoms with Gasteiger partial charge in [0.2, 0.25) is 0 Å². The standard InChI is InChI=1S/2C14H17.C7H9.2ClH.H2Si.Zr/c2*1-10(2)6-12-4-5-13-7-11(3)8-14(13)9-12;1-7-5-3-2-4-6-7;;;;/h2*4-5,7-10H,6H2,1-3H3;2-5H,6H2,1H3;2*1H;1H2;. The number of halogens is 2. The zero-order chi connectivity index (χ0) is 26.5. The molecule has 0 N–H and O–H groups in total. The summed E-state index contributed by atoms with van der Waals surface area (Å²) in [7, 11) is 0. The van der Waals surface area contributed by atoms with Crippen molar-refractivity contribution in [2.75, 3.05) is 0 Å². The van der Waals surface area contributed by atoms with Crippen LogP contribution in [0.1, 0.15) is 95.5 Å². The molecule has 3 atom stereocenters. The molecule has 3 aliphatic rings. The van der Waals surface area contributed by atoms with Crippen molar-refractivity contribution >= 4 is 43.8 Å². The van der Waals surface area contributed by atoms with E-state index in [1.165, 1.54) is 28.7 Å². The predicted molar refractivity (Wildman–Crippen MR) is 177 cm³/mol. The summed E-state index contributed by atoms with van der Waals surface area (Å²) < 4.78 is 1.47. The van der Waals surface area contributed by atoms with Gasteiger partial charge < -0.3 is 0 Å². The molecule has 3 aliphatic carbocycles. The first-order valence-electron chi connectivity index (χ1n) is 14.3. The Hall–Kier alpha value is -0.920. The van der Waals surface area contributed by atoms with Crippen LogP contribution >= 0.6 is 24.8 Å². The molecular weight excluding hydrogens is 611 g/mol. The first kappa shape index (κ1) is 32.6. The number of hydrogen-bond donors (Lipinski definition) is 0. The van der Waals surface area contributed by atoms with E-state index in [0.29, 0.717) is 19.1 Å². The minimum absolute atomic E-state index is 0. The third-order valence-electron chi connectivity index (χ3n) is 9.24. The second kappa shape index (κ2) is 12.5. The Kier molecular flexibility index (Phi) is 10.5. The van der Waals surface area contributed by atoms with Crippen LogP contribution in [0.3, 0.4) is 0 Å². The van der Waals surface area contributed by atoms with Crippen molar-refractivity contribution in [2.45, 2.75) is 78.1 Å². The molecule has 0 bridgehead atoms. The maximum absolute atomic E-state index is 3.16. The van der Waals surface area contributed by atoms with Gasteiger partial charge in [-0.1, -0.05) is 0 Å². The third kappa shape index (κ3) is 5.88. The number of fused-ring (bicyclic) bond motifs is 2. The van der Waals surface area contributed by atoms with Crippen LogP contribution < -0.4 is 0 Å². The summed E-state index contributed by atoms with van der Waals surface area (Å²) in [5.74, 6) is 1.38. The molecule has 0 heterocycles. The summed E-state index contributed by atoms with van der Waals surface area (Å²) in [6.07, 6.45) is 18.3. The van der Waals surface area contributed by atoms with Gasteiger partial charge in [0.05, 0.1) is 0 Å². The van der Waals surface area contributed by atoms with Crippen molar-refractivity contribution in [3.63, 3.8) is 0 Å². The average molecular weight is 658 g/mol. The smallest absolute Gasteiger partial charge is 0.147 e. The second-order valence-electron chi connectivity index (χ2n) is 13.2. The summed E-state index contributed by atoms with van der Waals surface area (Å²) in [4.78, 5) is 0. The average Bonchev–Trinajstić information content (AvgIpc) is 3.33. The SMILES string of the molecule is CC1=Cc2cc(CC(C)C)ccc2[CH]1[Zr](=[SiH2])([CH]1C(C)=Cc2cc(CC(C)C)ccc21)[C]1(C)C=CC=CC1.Cl.Cl. The van der Waals surface area contributed by atoms with E-state index in [0.717, 1.165) is 12.8 Å². The molecule has 209 valence electrons. The van der Waals surface area contributed by atoms with Crippen molar-refractivity contribution in [1.29, 1.82) is 0 Å². The van der Waals surface area contributed by atoms with Crippen molar-refractivity contribution in [2.24, 2.45) is 11.8 Å². The van der Waals surface area contributed by atoms with Crippen LogP contribution in [0.15, 0.2) is 71.8 Å². The summed E-state index contributed by atoms with van der Waals surface area (Å²) in [5.41, 5.74) is 12.5. The Morgan fingerprint density at radius 2 is 1.26 bits per heavy atom. The molecule has 0 aromatic heterocycles. The van der Waals surface area contributed by atoms with E-state index in [4.69, 9.17) is 0 Å². The van der Waals surface area contributed by atoms with Gasteiger partial charge in [0.15, 0.2) is 0 Å². The first-order valence-corrected chi connectivity index (χ1v) is 24.3. The Labute approximate surface area is 256 Å². The zero-order valence-corrected chi connectivity index (χ0v) is 30.4. The quantitative estimate of drug-likeness (QED) is 0.260. The van der Waals surface area contributed by atoms with E-state index < -0.39 is 18.9 Å². The normalized spacial score (nSPS) is 24.4. The van der Waals surface area contributed by atoms with Crippen LogP contribution in [-0.4, -0.2) is 6.88 Å². The molecule has 0 amide bonds. The molecule has 0 saturated heterocycles. The minimum Gasteiger partial charge on any atom is -0.147 e. The topological polar surface area (TPSA) is 0 Å². The van der Waals surface area contributed by atoms with Crippen LogP contribution in [0.25, 0.3) is 12.2 Å². The van der Waals surface area contributed by atoms with Crippen LogP contribution in [0, 0.1) is 11.8 Å². The van der Waals surface area contributed by atoms with E-state index in [-0.39, 0.29) is 27.9 Å². The zero-order valence-electron chi connectivity index (χ0n) is 24.9. The molecular formula is C35H47Cl2SiZr. The maximum Gasteiger partial charge on any atom is -0.147 e. The molecule has 0 spiro atoms. The van der Waals surface area contributed by atoms with E-state index in [1.54, 1.807) is 22.3 Å². The first-order chi connectivity index (χ1) is 17.5. The molecule has 0 radical (unpaired) electrons. The summed E-state index contributed by atoms with van der Waals surface area (Å²) in [6.45, 7) is 19.3. The number of allylic oxidation sites excluding steroid dienone is 6. The fourth-order valence-corrected chi connectivity index (χ4v) is 30.3. The van der Waals surface area contributed by atoms with Crippen molar-refractivity contribution < 1.29 is 18.9 Å². The van der Waals surface area contributed by atoms with Gasteiger partial charge in [-0.25, -0.2) is 0 Å². The summed E-state index contributed by atoms with van der Waals surface area (Å²) >= 11 is -3.16.